The van der Waals surface area contributed by atoms with Gasteiger partial charge >= 0.3 is 6.18 Å². The Hall–Kier alpha value is -2.36. The molecule has 10 heteroatoms. The predicted molar refractivity (Wildman–Crippen MR) is 116 cm³/mol. The second-order valence-electron chi connectivity index (χ2n) is 10.6. The molecule has 2 saturated carbocycles. The van der Waals surface area contributed by atoms with Gasteiger partial charge in [-0.25, -0.2) is 4.98 Å². The van der Waals surface area contributed by atoms with Gasteiger partial charge in [0.1, 0.15) is 0 Å². The highest BCUT2D eigenvalue weighted by molar-refractivity contribution is 5.99. The third-order valence-electron chi connectivity index (χ3n) is 8.40. The van der Waals surface area contributed by atoms with Gasteiger partial charge < -0.3 is 19.6 Å². The normalized spacial score (nSPS) is 31.6. The minimum absolute atomic E-state index is 0.0251. The number of hydrogen-bond donors (Lipinski definition) is 1. The lowest BCUT2D eigenvalue weighted by Crippen LogP contribution is -2.51. The third kappa shape index (κ3) is 4.03. The Labute approximate surface area is 196 Å². The number of hydrogen-bond acceptors (Lipinski definition) is 5. The summed E-state index contributed by atoms with van der Waals surface area (Å²) < 4.78 is 42.9. The molecule has 7 nitrogen and oxygen atoms in total. The molecule has 34 heavy (non-hydrogen) atoms. The minimum atomic E-state index is -4.48. The number of aliphatic hydroxyl groups is 1. The van der Waals surface area contributed by atoms with Gasteiger partial charge in [-0.2, -0.15) is 13.2 Å². The lowest BCUT2D eigenvalue weighted by atomic mass is 9.67. The van der Waals surface area contributed by atoms with E-state index in [1.165, 1.54) is 12.3 Å². The second kappa shape index (κ2) is 7.83. The SMILES string of the molecule is C[C@H](Oc1ccc(N2CC[C@]3(CC[C@@](O)(CN4C(=O)CCC45CC5)CC3)C2=O)cn1)C(F)(F)F. The molecule has 3 heterocycles. The van der Waals surface area contributed by atoms with Crippen LogP contribution in [0, 0.1) is 5.41 Å². The molecule has 0 unspecified atom stereocenters. The maximum Gasteiger partial charge on any atom is 0.425 e. The van der Waals surface area contributed by atoms with Crippen molar-refractivity contribution in [2.45, 2.75) is 88.1 Å². The third-order valence-corrected chi connectivity index (χ3v) is 8.40. The van der Waals surface area contributed by atoms with E-state index in [0.717, 1.165) is 26.2 Å². The van der Waals surface area contributed by atoms with E-state index in [1.807, 2.05) is 4.90 Å². The summed E-state index contributed by atoms with van der Waals surface area (Å²) in [6, 6.07) is 2.89. The summed E-state index contributed by atoms with van der Waals surface area (Å²) in [5.41, 5.74) is -1.03. The Morgan fingerprint density at radius 2 is 1.79 bits per heavy atom. The van der Waals surface area contributed by atoms with Crippen molar-refractivity contribution in [2.24, 2.45) is 5.41 Å². The number of aromatic nitrogens is 1. The number of likely N-dealkylation sites (tertiary alicyclic amines) is 1. The fourth-order valence-corrected chi connectivity index (χ4v) is 5.82. The van der Waals surface area contributed by atoms with E-state index >= 15 is 0 Å². The molecule has 186 valence electrons. The van der Waals surface area contributed by atoms with Crippen LogP contribution in [0.25, 0.3) is 0 Å². The van der Waals surface area contributed by atoms with Gasteiger partial charge in [0.2, 0.25) is 17.7 Å². The van der Waals surface area contributed by atoms with E-state index in [9.17, 15) is 27.9 Å². The molecule has 0 radical (unpaired) electrons. The van der Waals surface area contributed by atoms with Gasteiger partial charge in [0.15, 0.2) is 6.10 Å². The maximum absolute atomic E-state index is 13.4. The maximum atomic E-state index is 13.4. The molecule has 4 aliphatic rings. The molecule has 1 aromatic rings. The number of amides is 2. The van der Waals surface area contributed by atoms with Gasteiger partial charge in [0.25, 0.3) is 0 Å². The number of anilines is 1. The van der Waals surface area contributed by atoms with Crippen LogP contribution in [-0.4, -0.2) is 63.3 Å². The van der Waals surface area contributed by atoms with Crippen molar-refractivity contribution in [3.05, 3.63) is 18.3 Å². The van der Waals surface area contributed by atoms with Crippen molar-refractivity contribution in [1.29, 1.82) is 0 Å². The van der Waals surface area contributed by atoms with Crippen LogP contribution in [0.1, 0.15) is 64.7 Å². The molecule has 1 aromatic heterocycles. The van der Waals surface area contributed by atoms with Crippen LogP contribution in [0.3, 0.4) is 0 Å². The Morgan fingerprint density at radius 3 is 2.38 bits per heavy atom. The Balaban J connectivity index is 1.21. The van der Waals surface area contributed by atoms with E-state index in [0.29, 0.717) is 57.3 Å². The number of β-amino-alcohol motifs (C(OH)–C–C–N with tert-alkyl or cyclic N) is 1. The molecule has 5 rings (SSSR count). The molecule has 4 fully saturated rings. The highest BCUT2D eigenvalue weighted by Crippen LogP contribution is 2.53. The number of rotatable bonds is 5. The van der Waals surface area contributed by atoms with E-state index in [2.05, 4.69) is 4.98 Å². The van der Waals surface area contributed by atoms with E-state index < -0.39 is 23.3 Å². The number of alkyl halides is 3. The number of ether oxygens (including phenoxy) is 1. The highest BCUT2D eigenvalue weighted by atomic mass is 19.4. The Kier molecular flexibility index (Phi) is 5.38. The zero-order chi connectivity index (χ0) is 24.4. The fraction of sp³-hybridized carbons (Fsp3) is 0.708. The predicted octanol–water partition coefficient (Wildman–Crippen LogP) is 3.59. The summed E-state index contributed by atoms with van der Waals surface area (Å²) in [6.07, 6.45) is 1.04. The topological polar surface area (TPSA) is 83.0 Å². The average molecular weight is 482 g/mol. The standard InChI is InChI=1S/C24H30F3N3O4/c1-16(24(25,26)27)34-18-3-2-17(14-28-18)29-13-12-21(20(29)32)6-10-23(33,11-7-21)15-30-19(31)4-5-22(30)8-9-22/h2-3,14,16,33H,4-13,15H2,1H3/t16-,21-,23+/m0/s1. The van der Waals surface area contributed by atoms with Gasteiger partial charge in [0, 0.05) is 31.1 Å². The van der Waals surface area contributed by atoms with Crippen molar-refractivity contribution < 1.29 is 32.6 Å². The first-order valence-electron chi connectivity index (χ1n) is 12.0. The molecule has 2 aliphatic heterocycles. The monoisotopic (exact) mass is 481 g/mol. The molecule has 2 spiro atoms. The van der Waals surface area contributed by atoms with Crippen LogP contribution in [0.2, 0.25) is 0 Å². The number of carbonyl (C=O) groups excluding carboxylic acids is 2. The summed E-state index contributed by atoms with van der Waals surface area (Å²) in [5, 5.41) is 11.3. The van der Waals surface area contributed by atoms with E-state index in [1.54, 1.807) is 11.0 Å². The largest absolute Gasteiger partial charge is 0.465 e. The molecule has 1 N–H and O–H groups in total. The molecule has 0 bridgehead atoms. The molecule has 2 saturated heterocycles. The van der Waals surface area contributed by atoms with Crippen LogP contribution in [-0.2, 0) is 9.59 Å². The first-order valence-corrected chi connectivity index (χ1v) is 12.0. The number of nitrogens with zero attached hydrogens (tertiary/aromatic N) is 3. The van der Waals surface area contributed by atoms with Gasteiger partial charge in [-0.3, -0.25) is 9.59 Å². The lowest BCUT2D eigenvalue weighted by molar-refractivity contribution is -0.189. The summed E-state index contributed by atoms with van der Waals surface area (Å²) in [7, 11) is 0. The van der Waals surface area contributed by atoms with Crippen LogP contribution < -0.4 is 9.64 Å². The minimum Gasteiger partial charge on any atom is -0.465 e. The Bertz CT molecular complexity index is 969. The molecular weight excluding hydrogens is 451 g/mol. The Morgan fingerprint density at radius 1 is 1.09 bits per heavy atom. The molecule has 2 aliphatic carbocycles. The quantitative estimate of drug-likeness (QED) is 0.695. The second-order valence-corrected chi connectivity index (χ2v) is 10.6. The number of halogens is 3. The summed E-state index contributed by atoms with van der Waals surface area (Å²) in [6.45, 7) is 1.76. The van der Waals surface area contributed by atoms with Crippen LogP contribution in [0.4, 0.5) is 18.9 Å². The van der Waals surface area contributed by atoms with Crippen molar-refractivity contribution in [1.82, 2.24) is 9.88 Å². The van der Waals surface area contributed by atoms with Crippen molar-refractivity contribution in [3.8, 4) is 5.88 Å². The zero-order valence-corrected chi connectivity index (χ0v) is 19.2. The number of carbonyl (C=O) groups is 2. The van der Waals surface area contributed by atoms with E-state index in [-0.39, 0.29) is 23.2 Å². The smallest absolute Gasteiger partial charge is 0.425 e. The van der Waals surface area contributed by atoms with Gasteiger partial charge in [-0.15, -0.1) is 0 Å². The molecule has 0 aromatic carbocycles. The first kappa shape index (κ1) is 23.4. The lowest BCUT2D eigenvalue weighted by Gasteiger charge is -2.43. The van der Waals surface area contributed by atoms with Crippen molar-refractivity contribution in [2.75, 3.05) is 18.0 Å². The highest BCUT2D eigenvalue weighted by Gasteiger charge is 2.57. The van der Waals surface area contributed by atoms with Crippen molar-refractivity contribution >= 4 is 17.5 Å². The van der Waals surface area contributed by atoms with Crippen molar-refractivity contribution in [3.63, 3.8) is 0 Å². The van der Waals surface area contributed by atoms with Crippen LogP contribution in [0.5, 0.6) is 5.88 Å². The molecule has 1 atom stereocenters. The first-order chi connectivity index (χ1) is 16.0. The number of pyridine rings is 1. The van der Waals surface area contributed by atoms with Gasteiger partial charge in [0.05, 0.1) is 22.9 Å². The molecule has 2 amide bonds. The summed E-state index contributed by atoms with van der Waals surface area (Å²) in [4.78, 5) is 33.2. The summed E-state index contributed by atoms with van der Waals surface area (Å²) >= 11 is 0. The van der Waals surface area contributed by atoms with Gasteiger partial charge in [-0.05, 0) is 64.4 Å². The van der Waals surface area contributed by atoms with E-state index in [4.69, 9.17) is 4.74 Å². The van der Waals surface area contributed by atoms with Crippen LogP contribution in [0.15, 0.2) is 18.3 Å². The summed E-state index contributed by atoms with van der Waals surface area (Å²) in [5.74, 6) is -0.0639. The zero-order valence-electron chi connectivity index (χ0n) is 19.2. The van der Waals surface area contributed by atoms with Gasteiger partial charge in [-0.1, -0.05) is 0 Å². The average Bonchev–Trinajstić information content (AvgIpc) is 3.44. The molecular formula is C24H30F3N3O4. The van der Waals surface area contributed by atoms with Crippen LogP contribution >= 0.6 is 0 Å². The fourth-order valence-electron chi connectivity index (χ4n) is 5.82.